The lowest BCUT2D eigenvalue weighted by Gasteiger charge is -2.34. The van der Waals surface area contributed by atoms with Crippen molar-refractivity contribution in [1.29, 1.82) is 0 Å². The molecule has 2 aromatic carbocycles. The lowest BCUT2D eigenvalue weighted by molar-refractivity contribution is -0.120. The molecule has 2 aromatic rings. The van der Waals surface area contributed by atoms with Gasteiger partial charge in [-0.2, -0.15) is 0 Å². The van der Waals surface area contributed by atoms with Gasteiger partial charge in [0.25, 0.3) is 0 Å². The topological polar surface area (TPSA) is 46.3 Å². The lowest BCUT2D eigenvalue weighted by Crippen LogP contribution is -2.44. The van der Waals surface area contributed by atoms with Gasteiger partial charge in [-0.1, -0.05) is 55.5 Å². The maximum absolute atomic E-state index is 12.8. The Kier molecular flexibility index (Phi) is 3.76. The lowest BCUT2D eigenvalue weighted by atomic mass is 9.93. The molecule has 0 bridgehead atoms. The van der Waals surface area contributed by atoms with Crippen molar-refractivity contribution in [3.63, 3.8) is 0 Å². The Hall–Kier alpha value is -2.13. The van der Waals surface area contributed by atoms with Crippen LogP contribution in [0, 0.1) is 5.92 Å². The van der Waals surface area contributed by atoms with E-state index in [1.807, 2.05) is 53.4 Å². The minimum atomic E-state index is -0.607. The fraction of sp³-hybridized carbons (Fsp3) is 0.278. The van der Waals surface area contributed by atoms with Crippen molar-refractivity contribution in [3.8, 4) is 0 Å². The molecule has 3 rings (SSSR count). The number of fused-ring (bicyclic) bond motifs is 1. The van der Waals surface area contributed by atoms with E-state index in [9.17, 15) is 4.79 Å². The first kappa shape index (κ1) is 13.8. The molecule has 3 nitrogen and oxygen atoms in total. The zero-order valence-corrected chi connectivity index (χ0v) is 12.2. The highest BCUT2D eigenvalue weighted by Crippen LogP contribution is 2.31. The second-order valence-corrected chi connectivity index (χ2v) is 5.78. The molecule has 0 fully saturated rings. The van der Waals surface area contributed by atoms with Crippen LogP contribution < -0.4 is 10.6 Å². The SMILES string of the molecule is CC1Cc2ccccc2N(C(=O)C(N)c2ccccc2)C1. The molecule has 108 valence electrons. The third-order valence-corrected chi connectivity index (χ3v) is 4.04. The van der Waals surface area contributed by atoms with Crippen LogP contribution in [0.2, 0.25) is 0 Å². The van der Waals surface area contributed by atoms with Crippen molar-refractivity contribution in [3.05, 3.63) is 65.7 Å². The fourth-order valence-electron chi connectivity index (χ4n) is 2.98. The summed E-state index contributed by atoms with van der Waals surface area (Å²) in [5.41, 5.74) is 9.27. The maximum Gasteiger partial charge on any atom is 0.248 e. The summed E-state index contributed by atoms with van der Waals surface area (Å²) in [7, 11) is 0. The Morgan fingerprint density at radius 1 is 1.14 bits per heavy atom. The van der Waals surface area contributed by atoms with Crippen molar-refractivity contribution >= 4 is 11.6 Å². The number of nitrogens with two attached hydrogens (primary N) is 1. The van der Waals surface area contributed by atoms with Crippen molar-refractivity contribution in [2.75, 3.05) is 11.4 Å². The quantitative estimate of drug-likeness (QED) is 0.919. The summed E-state index contributed by atoms with van der Waals surface area (Å²) < 4.78 is 0. The average molecular weight is 280 g/mol. The second-order valence-electron chi connectivity index (χ2n) is 5.78. The summed E-state index contributed by atoms with van der Waals surface area (Å²) in [6.07, 6.45) is 1.01. The van der Waals surface area contributed by atoms with E-state index in [4.69, 9.17) is 5.73 Å². The number of carbonyl (C=O) groups excluding carboxylic acids is 1. The van der Waals surface area contributed by atoms with Crippen LogP contribution in [-0.2, 0) is 11.2 Å². The number of amides is 1. The number of benzene rings is 2. The van der Waals surface area contributed by atoms with Crippen molar-refractivity contribution < 1.29 is 4.79 Å². The number of hydrogen-bond acceptors (Lipinski definition) is 2. The number of hydrogen-bond donors (Lipinski definition) is 1. The summed E-state index contributed by atoms with van der Waals surface area (Å²) in [5, 5.41) is 0. The van der Waals surface area contributed by atoms with Gasteiger partial charge in [0.15, 0.2) is 0 Å². The van der Waals surface area contributed by atoms with Crippen LogP contribution in [0.5, 0.6) is 0 Å². The predicted octanol–water partition coefficient (Wildman–Crippen LogP) is 2.91. The first-order valence-electron chi connectivity index (χ1n) is 7.36. The Balaban J connectivity index is 1.91. The Morgan fingerprint density at radius 2 is 1.81 bits per heavy atom. The van der Waals surface area contributed by atoms with E-state index in [1.54, 1.807) is 0 Å². The molecule has 3 heteroatoms. The van der Waals surface area contributed by atoms with E-state index in [-0.39, 0.29) is 5.91 Å². The number of para-hydroxylation sites is 1. The number of carbonyl (C=O) groups is 1. The first-order chi connectivity index (χ1) is 10.2. The summed E-state index contributed by atoms with van der Waals surface area (Å²) in [5.74, 6) is 0.423. The van der Waals surface area contributed by atoms with Gasteiger partial charge < -0.3 is 10.6 Å². The molecule has 1 heterocycles. The molecule has 0 saturated carbocycles. The molecular weight excluding hydrogens is 260 g/mol. The standard InChI is InChI=1S/C18H20N2O/c1-13-11-15-9-5-6-10-16(15)20(12-13)18(21)17(19)14-7-3-2-4-8-14/h2-10,13,17H,11-12,19H2,1H3. The highest BCUT2D eigenvalue weighted by atomic mass is 16.2. The third-order valence-electron chi connectivity index (χ3n) is 4.04. The number of nitrogens with zero attached hydrogens (tertiary/aromatic N) is 1. The average Bonchev–Trinajstić information content (AvgIpc) is 2.53. The van der Waals surface area contributed by atoms with Crippen LogP contribution in [0.25, 0.3) is 0 Å². The van der Waals surface area contributed by atoms with Crippen LogP contribution in [-0.4, -0.2) is 12.5 Å². The Bertz CT molecular complexity index is 639. The van der Waals surface area contributed by atoms with Crippen molar-refractivity contribution in [1.82, 2.24) is 0 Å². The van der Waals surface area contributed by atoms with Crippen molar-refractivity contribution in [2.24, 2.45) is 11.7 Å². The molecule has 0 saturated heterocycles. The molecule has 1 aliphatic rings. The van der Waals surface area contributed by atoms with Gasteiger partial charge in [0.05, 0.1) is 0 Å². The van der Waals surface area contributed by atoms with Gasteiger partial charge in [0.1, 0.15) is 6.04 Å². The first-order valence-corrected chi connectivity index (χ1v) is 7.36. The summed E-state index contributed by atoms with van der Waals surface area (Å²) in [6.45, 7) is 2.90. The van der Waals surface area contributed by atoms with E-state index in [0.717, 1.165) is 24.2 Å². The van der Waals surface area contributed by atoms with E-state index < -0.39 is 6.04 Å². The van der Waals surface area contributed by atoms with Crippen LogP contribution >= 0.6 is 0 Å². The molecule has 2 atom stereocenters. The van der Waals surface area contributed by atoms with Crippen LogP contribution in [0.1, 0.15) is 24.1 Å². The van der Waals surface area contributed by atoms with E-state index in [0.29, 0.717) is 5.92 Å². The molecule has 2 unspecified atom stereocenters. The zero-order chi connectivity index (χ0) is 14.8. The number of rotatable bonds is 2. The van der Waals surface area contributed by atoms with E-state index in [1.165, 1.54) is 5.56 Å². The summed E-state index contributed by atoms with van der Waals surface area (Å²) in [4.78, 5) is 14.7. The molecule has 21 heavy (non-hydrogen) atoms. The van der Waals surface area contributed by atoms with Gasteiger partial charge in [-0.25, -0.2) is 0 Å². The maximum atomic E-state index is 12.8. The molecule has 2 N–H and O–H groups in total. The van der Waals surface area contributed by atoms with Gasteiger partial charge in [-0.15, -0.1) is 0 Å². The largest absolute Gasteiger partial charge is 0.316 e. The molecular formula is C18H20N2O. The van der Waals surface area contributed by atoms with E-state index >= 15 is 0 Å². The van der Waals surface area contributed by atoms with Gasteiger partial charge in [-0.05, 0) is 29.5 Å². The van der Waals surface area contributed by atoms with Gasteiger partial charge in [0, 0.05) is 12.2 Å². The monoisotopic (exact) mass is 280 g/mol. The molecule has 0 aliphatic carbocycles. The van der Waals surface area contributed by atoms with Gasteiger partial charge in [0.2, 0.25) is 5.91 Å². The van der Waals surface area contributed by atoms with Crippen LogP contribution in [0.15, 0.2) is 54.6 Å². The zero-order valence-electron chi connectivity index (χ0n) is 12.2. The fourth-order valence-corrected chi connectivity index (χ4v) is 2.98. The highest BCUT2D eigenvalue weighted by Gasteiger charge is 2.29. The smallest absolute Gasteiger partial charge is 0.248 e. The molecule has 0 aromatic heterocycles. The predicted molar refractivity (Wildman–Crippen MR) is 85.0 cm³/mol. The van der Waals surface area contributed by atoms with Crippen LogP contribution in [0.3, 0.4) is 0 Å². The molecule has 0 radical (unpaired) electrons. The Labute approximate surface area is 125 Å². The second kappa shape index (κ2) is 5.70. The molecule has 1 amide bonds. The third kappa shape index (κ3) is 2.69. The minimum Gasteiger partial charge on any atom is -0.316 e. The Morgan fingerprint density at radius 3 is 2.57 bits per heavy atom. The summed E-state index contributed by atoms with van der Waals surface area (Å²) in [6, 6.07) is 17.1. The van der Waals surface area contributed by atoms with Crippen molar-refractivity contribution in [2.45, 2.75) is 19.4 Å². The molecule has 0 spiro atoms. The van der Waals surface area contributed by atoms with E-state index in [2.05, 4.69) is 13.0 Å². The van der Waals surface area contributed by atoms with Gasteiger partial charge in [-0.3, -0.25) is 4.79 Å². The minimum absolute atomic E-state index is 0.0276. The number of anilines is 1. The molecule has 1 aliphatic heterocycles. The van der Waals surface area contributed by atoms with Gasteiger partial charge >= 0.3 is 0 Å². The van der Waals surface area contributed by atoms with Crippen LogP contribution in [0.4, 0.5) is 5.69 Å². The summed E-state index contributed by atoms with van der Waals surface area (Å²) >= 11 is 0. The normalized spacial score (nSPS) is 19.0. The highest BCUT2D eigenvalue weighted by molar-refractivity contribution is 5.98.